The third-order valence-electron chi connectivity index (χ3n) is 5.53. The number of aryl methyl sites for hydroxylation is 3. The number of aromatic amines is 2. The lowest BCUT2D eigenvalue weighted by Gasteiger charge is -2.19. The van der Waals surface area contributed by atoms with E-state index in [1.165, 1.54) is 10.2 Å². The lowest BCUT2D eigenvalue weighted by molar-refractivity contribution is 0.590. The van der Waals surface area contributed by atoms with Crippen LogP contribution in [-0.2, 0) is 11.8 Å². The number of hydrogen-bond acceptors (Lipinski definition) is 4. The number of pyridine rings is 1. The summed E-state index contributed by atoms with van der Waals surface area (Å²) < 4.78 is 1.23. The van der Waals surface area contributed by atoms with Crippen molar-refractivity contribution in [3.63, 3.8) is 0 Å². The van der Waals surface area contributed by atoms with Crippen molar-refractivity contribution >= 4 is 11.0 Å². The number of nitrogens with zero attached hydrogens (tertiary/aromatic N) is 3. The third kappa shape index (κ3) is 3.83. The fourth-order valence-electron chi connectivity index (χ4n) is 3.81. The van der Waals surface area contributed by atoms with Crippen LogP contribution in [0.2, 0.25) is 0 Å². The zero-order valence-corrected chi connectivity index (χ0v) is 18.8. The summed E-state index contributed by atoms with van der Waals surface area (Å²) >= 11 is 0. The van der Waals surface area contributed by atoms with Gasteiger partial charge in [-0.2, -0.15) is 4.68 Å². The molecule has 3 aromatic heterocycles. The molecule has 160 valence electrons. The van der Waals surface area contributed by atoms with Gasteiger partial charge >= 0.3 is 0 Å². The van der Waals surface area contributed by atoms with Crippen molar-refractivity contribution < 1.29 is 0 Å². The van der Waals surface area contributed by atoms with Crippen molar-refractivity contribution in [2.24, 2.45) is 0 Å². The van der Waals surface area contributed by atoms with E-state index in [0.29, 0.717) is 17.6 Å². The molecule has 0 atom stereocenters. The van der Waals surface area contributed by atoms with Crippen molar-refractivity contribution in [1.82, 2.24) is 24.7 Å². The van der Waals surface area contributed by atoms with Gasteiger partial charge in [-0.15, -0.1) is 0 Å². The van der Waals surface area contributed by atoms with Crippen molar-refractivity contribution in [1.29, 1.82) is 0 Å². The number of fused-ring (bicyclic) bond motifs is 1. The third-order valence-corrected chi connectivity index (χ3v) is 5.53. The van der Waals surface area contributed by atoms with E-state index < -0.39 is 5.56 Å². The molecule has 1 aromatic carbocycles. The van der Waals surface area contributed by atoms with E-state index in [2.05, 4.69) is 53.0 Å². The average Bonchev–Trinajstić information content (AvgIpc) is 3.00. The molecule has 7 heteroatoms. The Hall–Kier alpha value is -3.48. The Morgan fingerprint density at radius 1 is 0.968 bits per heavy atom. The Morgan fingerprint density at radius 3 is 2.16 bits per heavy atom. The molecule has 4 aromatic rings. The maximum Gasteiger partial charge on any atom is 0.287 e. The Kier molecular flexibility index (Phi) is 4.92. The largest absolute Gasteiger partial charge is 0.343 e. The zero-order chi connectivity index (χ0) is 22.5. The van der Waals surface area contributed by atoms with E-state index in [1.807, 2.05) is 39.0 Å². The number of nitrogens with one attached hydrogen (secondary N) is 2. The van der Waals surface area contributed by atoms with E-state index in [9.17, 15) is 9.59 Å². The number of benzene rings is 1. The molecule has 0 spiro atoms. The van der Waals surface area contributed by atoms with Gasteiger partial charge in [0.25, 0.3) is 11.5 Å². The SMILES string of the molecule is Cc1cc(C)nc(-n2[nH]c3[nH]c(C)c(Cc4ccc(C(C)(C)C)cc4)c(=O)c3c2=O)n1. The monoisotopic (exact) mass is 417 g/mol. The van der Waals surface area contributed by atoms with Crippen LogP contribution in [-0.4, -0.2) is 24.7 Å². The van der Waals surface area contributed by atoms with Gasteiger partial charge in [-0.05, 0) is 43.4 Å². The fourth-order valence-corrected chi connectivity index (χ4v) is 3.81. The van der Waals surface area contributed by atoms with Gasteiger partial charge in [0, 0.05) is 29.1 Å². The van der Waals surface area contributed by atoms with Crippen LogP contribution in [0, 0.1) is 20.8 Å². The topological polar surface area (TPSA) is 96.4 Å². The number of H-pyrrole nitrogens is 2. The minimum absolute atomic E-state index is 0.0667. The maximum atomic E-state index is 13.3. The quantitative estimate of drug-likeness (QED) is 0.532. The molecule has 0 saturated carbocycles. The minimum atomic E-state index is -0.453. The summed E-state index contributed by atoms with van der Waals surface area (Å²) in [6.07, 6.45) is 0.451. The first-order valence-electron chi connectivity index (χ1n) is 10.3. The highest BCUT2D eigenvalue weighted by Crippen LogP contribution is 2.23. The molecule has 31 heavy (non-hydrogen) atoms. The molecule has 0 aliphatic carbocycles. The first-order valence-corrected chi connectivity index (χ1v) is 10.3. The van der Waals surface area contributed by atoms with E-state index in [-0.39, 0.29) is 22.2 Å². The molecule has 0 radical (unpaired) electrons. The Balaban J connectivity index is 1.80. The first kappa shape index (κ1) is 20.8. The molecule has 0 aliphatic heterocycles. The predicted molar refractivity (Wildman–Crippen MR) is 122 cm³/mol. The van der Waals surface area contributed by atoms with Crippen LogP contribution in [0.1, 0.15) is 54.5 Å². The fraction of sp³-hybridized carbons (Fsp3) is 0.333. The summed E-state index contributed by atoms with van der Waals surface area (Å²) in [6.45, 7) is 12.0. The predicted octanol–water partition coefficient (Wildman–Crippen LogP) is 3.61. The first-order chi connectivity index (χ1) is 14.5. The number of hydrogen-bond donors (Lipinski definition) is 2. The summed E-state index contributed by atoms with van der Waals surface area (Å²) in [5.41, 5.74) is 4.78. The molecule has 0 amide bonds. The summed E-state index contributed by atoms with van der Waals surface area (Å²) in [7, 11) is 0. The molecule has 0 aliphatic rings. The average molecular weight is 418 g/mol. The standard InChI is InChI=1S/C24H27N5O2/c1-13-11-14(2)26-23(25-13)29-22(31)19-20(30)18(15(3)27-21(19)28-29)12-16-7-9-17(10-8-16)24(4,5)6/h7-11H,12H2,1-6H3,(H2,27,28,30). The zero-order valence-electron chi connectivity index (χ0n) is 18.8. The Morgan fingerprint density at radius 2 is 1.58 bits per heavy atom. The molecule has 0 fully saturated rings. The van der Waals surface area contributed by atoms with Crippen LogP contribution in [0.25, 0.3) is 17.0 Å². The second kappa shape index (κ2) is 7.34. The molecular formula is C24H27N5O2. The molecule has 3 heterocycles. The summed E-state index contributed by atoms with van der Waals surface area (Å²) in [6, 6.07) is 10.1. The van der Waals surface area contributed by atoms with Crippen molar-refractivity contribution in [3.8, 4) is 5.95 Å². The summed E-state index contributed by atoms with van der Waals surface area (Å²) in [4.78, 5) is 38.2. The van der Waals surface area contributed by atoms with E-state index in [1.54, 1.807) is 0 Å². The normalized spacial score (nSPS) is 11.9. The van der Waals surface area contributed by atoms with Gasteiger partial charge in [-0.25, -0.2) is 9.97 Å². The molecule has 2 N–H and O–H groups in total. The lowest BCUT2D eigenvalue weighted by atomic mass is 9.86. The second-order valence-electron chi connectivity index (χ2n) is 9.13. The summed E-state index contributed by atoms with van der Waals surface area (Å²) in [5.74, 6) is 0.225. The molecular weight excluding hydrogens is 390 g/mol. The highest BCUT2D eigenvalue weighted by Gasteiger charge is 2.19. The molecule has 7 nitrogen and oxygen atoms in total. The van der Waals surface area contributed by atoms with Gasteiger partial charge in [0.05, 0.1) is 0 Å². The van der Waals surface area contributed by atoms with E-state index >= 15 is 0 Å². The molecule has 4 rings (SSSR count). The van der Waals surface area contributed by atoms with Crippen LogP contribution >= 0.6 is 0 Å². The van der Waals surface area contributed by atoms with Crippen LogP contribution in [0.4, 0.5) is 0 Å². The van der Waals surface area contributed by atoms with Crippen LogP contribution in [0.15, 0.2) is 39.9 Å². The van der Waals surface area contributed by atoms with Crippen molar-refractivity contribution in [3.05, 3.63) is 84.7 Å². The molecule has 0 saturated heterocycles. The van der Waals surface area contributed by atoms with Gasteiger partial charge in [0.15, 0.2) is 5.43 Å². The molecule has 0 unspecified atom stereocenters. The van der Waals surface area contributed by atoms with E-state index in [0.717, 1.165) is 22.6 Å². The van der Waals surface area contributed by atoms with E-state index in [4.69, 9.17) is 0 Å². The Bertz CT molecular complexity index is 1380. The summed E-state index contributed by atoms with van der Waals surface area (Å²) in [5, 5.41) is 3.05. The smallest absolute Gasteiger partial charge is 0.287 e. The van der Waals surface area contributed by atoms with Crippen molar-refractivity contribution in [2.45, 2.75) is 53.4 Å². The highest BCUT2D eigenvalue weighted by atomic mass is 16.1. The van der Waals surface area contributed by atoms with Gasteiger partial charge in [0.2, 0.25) is 0 Å². The van der Waals surface area contributed by atoms with Gasteiger partial charge in [0.1, 0.15) is 11.0 Å². The van der Waals surface area contributed by atoms with Gasteiger partial charge in [-0.1, -0.05) is 45.0 Å². The number of aromatic nitrogens is 5. The highest BCUT2D eigenvalue weighted by molar-refractivity contribution is 5.75. The number of rotatable bonds is 3. The Labute approximate surface area is 180 Å². The lowest BCUT2D eigenvalue weighted by Crippen LogP contribution is -2.22. The van der Waals surface area contributed by atoms with Gasteiger partial charge < -0.3 is 4.98 Å². The second-order valence-corrected chi connectivity index (χ2v) is 9.13. The van der Waals surface area contributed by atoms with Crippen molar-refractivity contribution in [2.75, 3.05) is 0 Å². The van der Waals surface area contributed by atoms with Crippen LogP contribution in [0.3, 0.4) is 0 Å². The van der Waals surface area contributed by atoms with Gasteiger partial charge in [-0.3, -0.25) is 14.7 Å². The molecule has 0 bridgehead atoms. The maximum absolute atomic E-state index is 13.3. The van der Waals surface area contributed by atoms with Crippen LogP contribution < -0.4 is 11.0 Å². The van der Waals surface area contributed by atoms with Crippen LogP contribution in [0.5, 0.6) is 0 Å². The minimum Gasteiger partial charge on any atom is -0.343 e.